The highest BCUT2D eigenvalue weighted by atomic mass is 16.5. The summed E-state index contributed by atoms with van der Waals surface area (Å²) in [7, 11) is 1.67. The van der Waals surface area contributed by atoms with E-state index in [2.05, 4.69) is 36.1 Å². The van der Waals surface area contributed by atoms with Gasteiger partial charge in [-0.1, -0.05) is 6.92 Å². The Hall–Kier alpha value is -1.04. The number of nitrogens with zero attached hydrogens (tertiary/aromatic N) is 2. The van der Waals surface area contributed by atoms with Gasteiger partial charge in [-0.05, 0) is 45.3 Å². The van der Waals surface area contributed by atoms with Gasteiger partial charge in [0.2, 0.25) is 0 Å². The average molecular weight is 295 g/mol. The van der Waals surface area contributed by atoms with Crippen LogP contribution in [0.5, 0.6) is 0 Å². The van der Waals surface area contributed by atoms with E-state index in [0.717, 1.165) is 49.6 Å². The summed E-state index contributed by atoms with van der Waals surface area (Å²) in [6.45, 7) is 10.3. The Morgan fingerprint density at radius 3 is 2.29 bits per heavy atom. The van der Waals surface area contributed by atoms with Crippen molar-refractivity contribution >= 4 is 0 Å². The molecule has 120 valence electrons. The highest BCUT2D eigenvalue weighted by Crippen LogP contribution is 2.11. The molecule has 0 radical (unpaired) electrons. The Balaban J connectivity index is 2.46. The second-order valence-electron chi connectivity index (χ2n) is 5.14. The standard InChI is InChI=1S/C16H29N3O2/c1-5-8-17-9-6-15-13(2)18-16(19-14(15)3)7-10-21-12-11-20-4/h17H,5-12H2,1-4H3. The third-order valence-electron chi connectivity index (χ3n) is 3.35. The van der Waals surface area contributed by atoms with Crippen LogP contribution in [0.25, 0.3) is 0 Å². The van der Waals surface area contributed by atoms with E-state index >= 15 is 0 Å². The molecular formula is C16H29N3O2. The van der Waals surface area contributed by atoms with Gasteiger partial charge in [-0.3, -0.25) is 0 Å². The van der Waals surface area contributed by atoms with Gasteiger partial charge in [0.25, 0.3) is 0 Å². The highest BCUT2D eigenvalue weighted by Gasteiger charge is 2.08. The SMILES string of the molecule is CCCNCCc1c(C)nc(CCOCCOC)nc1C. The van der Waals surface area contributed by atoms with Crippen molar-refractivity contribution in [2.45, 2.75) is 40.0 Å². The van der Waals surface area contributed by atoms with Gasteiger partial charge in [-0.2, -0.15) is 0 Å². The Morgan fingerprint density at radius 2 is 1.67 bits per heavy atom. The third-order valence-corrected chi connectivity index (χ3v) is 3.35. The summed E-state index contributed by atoms with van der Waals surface area (Å²) in [6.07, 6.45) is 2.90. The van der Waals surface area contributed by atoms with Gasteiger partial charge < -0.3 is 14.8 Å². The number of hydrogen-bond acceptors (Lipinski definition) is 5. The summed E-state index contributed by atoms with van der Waals surface area (Å²) in [5.41, 5.74) is 3.45. The maximum Gasteiger partial charge on any atom is 0.131 e. The number of nitrogens with one attached hydrogen (secondary N) is 1. The van der Waals surface area contributed by atoms with E-state index in [9.17, 15) is 0 Å². The number of methoxy groups -OCH3 is 1. The van der Waals surface area contributed by atoms with Crippen LogP contribution in [0, 0.1) is 13.8 Å². The van der Waals surface area contributed by atoms with Crippen LogP contribution in [0.3, 0.4) is 0 Å². The maximum atomic E-state index is 5.46. The second kappa shape index (κ2) is 10.7. The zero-order chi connectivity index (χ0) is 15.5. The fourth-order valence-corrected chi connectivity index (χ4v) is 2.21. The average Bonchev–Trinajstić information content (AvgIpc) is 2.45. The Bertz CT molecular complexity index is 388. The lowest BCUT2D eigenvalue weighted by molar-refractivity contribution is 0.0716. The normalized spacial score (nSPS) is 11.0. The molecule has 0 spiro atoms. The van der Waals surface area contributed by atoms with E-state index in [-0.39, 0.29) is 0 Å². The van der Waals surface area contributed by atoms with Crippen LogP contribution >= 0.6 is 0 Å². The molecule has 1 aromatic rings. The summed E-state index contributed by atoms with van der Waals surface area (Å²) in [5, 5.41) is 3.42. The van der Waals surface area contributed by atoms with Crippen molar-refractivity contribution in [1.29, 1.82) is 0 Å². The summed E-state index contributed by atoms with van der Waals surface area (Å²) in [4.78, 5) is 9.20. The van der Waals surface area contributed by atoms with E-state index in [1.54, 1.807) is 7.11 Å². The van der Waals surface area contributed by atoms with Gasteiger partial charge in [-0.15, -0.1) is 0 Å². The summed E-state index contributed by atoms with van der Waals surface area (Å²) in [6, 6.07) is 0. The Labute approximate surface area is 128 Å². The van der Waals surface area contributed by atoms with Gasteiger partial charge in [0.15, 0.2) is 0 Å². The molecule has 0 aliphatic heterocycles. The van der Waals surface area contributed by atoms with Gasteiger partial charge in [0, 0.05) is 24.9 Å². The minimum absolute atomic E-state index is 0.621. The maximum absolute atomic E-state index is 5.46. The molecule has 0 unspecified atom stereocenters. The number of hydrogen-bond donors (Lipinski definition) is 1. The van der Waals surface area contributed by atoms with Gasteiger partial charge in [0.1, 0.15) is 5.82 Å². The fourth-order valence-electron chi connectivity index (χ4n) is 2.21. The quantitative estimate of drug-likeness (QED) is 0.631. The predicted octanol–water partition coefficient (Wildman–Crippen LogP) is 1.84. The minimum Gasteiger partial charge on any atom is -0.382 e. The van der Waals surface area contributed by atoms with Crippen molar-refractivity contribution < 1.29 is 9.47 Å². The minimum atomic E-state index is 0.621. The molecule has 0 bridgehead atoms. The molecule has 0 saturated carbocycles. The van der Waals surface area contributed by atoms with E-state index in [1.165, 1.54) is 5.56 Å². The Kier molecular flexibility index (Phi) is 9.14. The van der Waals surface area contributed by atoms with Crippen molar-refractivity contribution in [2.75, 3.05) is 40.0 Å². The molecule has 0 saturated heterocycles. The molecule has 21 heavy (non-hydrogen) atoms. The van der Waals surface area contributed by atoms with Crippen LogP contribution in [0.15, 0.2) is 0 Å². The smallest absolute Gasteiger partial charge is 0.131 e. The van der Waals surface area contributed by atoms with E-state index in [4.69, 9.17) is 9.47 Å². The second-order valence-corrected chi connectivity index (χ2v) is 5.14. The van der Waals surface area contributed by atoms with Crippen molar-refractivity contribution in [2.24, 2.45) is 0 Å². The molecule has 1 aromatic heterocycles. The summed E-state index contributed by atoms with van der Waals surface area (Å²) < 4.78 is 10.4. The molecule has 0 aliphatic carbocycles. The van der Waals surface area contributed by atoms with Gasteiger partial charge in [0.05, 0.1) is 19.8 Å². The monoisotopic (exact) mass is 295 g/mol. The van der Waals surface area contributed by atoms with Crippen LogP contribution in [-0.2, 0) is 22.3 Å². The first-order valence-electron chi connectivity index (χ1n) is 7.79. The molecule has 1 rings (SSSR count). The lowest BCUT2D eigenvalue weighted by Crippen LogP contribution is -2.19. The van der Waals surface area contributed by atoms with Crippen LogP contribution in [0.1, 0.15) is 36.1 Å². The zero-order valence-electron chi connectivity index (χ0n) is 13.9. The van der Waals surface area contributed by atoms with Gasteiger partial charge in [-0.25, -0.2) is 9.97 Å². The first-order chi connectivity index (χ1) is 10.2. The molecule has 5 heteroatoms. The molecule has 0 amide bonds. The molecule has 1 N–H and O–H groups in total. The highest BCUT2D eigenvalue weighted by molar-refractivity contribution is 5.24. The van der Waals surface area contributed by atoms with Crippen LogP contribution in [-0.4, -0.2) is 50.0 Å². The number of aromatic nitrogens is 2. The summed E-state index contributed by atoms with van der Waals surface area (Å²) >= 11 is 0. The Morgan fingerprint density at radius 1 is 0.952 bits per heavy atom. The molecule has 1 heterocycles. The van der Waals surface area contributed by atoms with Crippen LogP contribution < -0.4 is 5.32 Å². The molecular weight excluding hydrogens is 266 g/mol. The first kappa shape index (κ1) is 18.0. The van der Waals surface area contributed by atoms with Crippen molar-refractivity contribution in [3.63, 3.8) is 0 Å². The van der Waals surface area contributed by atoms with Crippen LogP contribution in [0.4, 0.5) is 0 Å². The zero-order valence-corrected chi connectivity index (χ0v) is 13.9. The third kappa shape index (κ3) is 6.98. The van der Waals surface area contributed by atoms with Gasteiger partial charge >= 0.3 is 0 Å². The lowest BCUT2D eigenvalue weighted by atomic mass is 10.1. The predicted molar refractivity (Wildman–Crippen MR) is 84.8 cm³/mol. The summed E-state index contributed by atoms with van der Waals surface area (Å²) in [5.74, 6) is 0.868. The van der Waals surface area contributed by atoms with Crippen molar-refractivity contribution in [1.82, 2.24) is 15.3 Å². The molecule has 0 atom stereocenters. The lowest BCUT2D eigenvalue weighted by Gasteiger charge is -2.11. The van der Waals surface area contributed by atoms with E-state index < -0.39 is 0 Å². The fraction of sp³-hybridized carbons (Fsp3) is 0.750. The van der Waals surface area contributed by atoms with Crippen LogP contribution in [0.2, 0.25) is 0 Å². The van der Waals surface area contributed by atoms with E-state index in [0.29, 0.717) is 19.8 Å². The molecule has 5 nitrogen and oxygen atoms in total. The first-order valence-corrected chi connectivity index (χ1v) is 7.79. The number of rotatable bonds is 11. The number of ether oxygens (including phenoxy) is 2. The van der Waals surface area contributed by atoms with Crippen molar-refractivity contribution in [3.8, 4) is 0 Å². The topological polar surface area (TPSA) is 56.3 Å². The largest absolute Gasteiger partial charge is 0.382 e. The van der Waals surface area contributed by atoms with Crippen molar-refractivity contribution in [3.05, 3.63) is 22.8 Å². The number of aryl methyl sites for hydroxylation is 2. The molecule has 0 fully saturated rings. The molecule has 0 aliphatic rings. The molecule has 0 aromatic carbocycles. The van der Waals surface area contributed by atoms with E-state index in [1.807, 2.05) is 0 Å².